The molecule has 20 heavy (non-hydrogen) atoms. The molecular formula is C16H15N3S. The minimum atomic E-state index is 0.613. The van der Waals surface area contributed by atoms with Crippen LogP contribution in [0.25, 0.3) is 0 Å². The number of rotatable bonds is 3. The number of para-hydroxylation sites is 1. The first kappa shape index (κ1) is 14.2. The fraction of sp³-hybridized carbons (Fsp3) is 0.125. The first-order valence-corrected chi connectivity index (χ1v) is 7.24. The molecule has 1 N–H and O–H groups in total. The summed E-state index contributed by atoms with van der Waals surface area (Å²) in [6.45, 7) is 2.08. The summed E-state index contributed by atoms with van der Waals surface area (Å²) in [6.07, 6.45) is 1.94. The highest BCUT2D eigenvalue weighted by atomic mass is 32.2. The molecule has 4 heteroatoms. The summed E-state index contributed by atoms with van der Waals surface area (Å²) < 4.78 is 0. The van der Waals surface area contributed by atoms with Gasteiger partial charge >= 0.3 is 0 Å². The Bertz CT molecular complexity index is 630. The van der Waals surface area contributed by atoms with Crippen LogP contribution in [0.3, 0.4) is 0 Å². The third kappa shape index (κ3) is 4.15. The summed E-state index contributed by atoms with van der Waals surface area (Å²) in [7, 11) is 0. The van der Waals surface area contributed by atoms with E-state index in [0.717, 1.165) is 11.4 Å². The molecule has 0 radical (unpaired) electrons. The summed E-state index contributed by atoms with van der Waals surface area (Å²) >= 11 is 1.52. The van der Waals surface area contributed by atoms with Crippen LogP contribution >= 0.6 is 11.8 Å². The highest BCUT2D eigenvalue weighted by Gasteiger charge is 2.03. The lowest BCUT2D eigenvalue weighted by molar-refractivity contribution is 1.27. The van der Waals surface area contributed by atoms with Gasteiger partial charge in [-0.3, -0.25) is 5.32 Å². The third-order valence-corrected chi connectivity index (χ3v) is 3.70. The normalized spacial score (nSPS) is 10.9. The maximum absolute atomic E-state index is 8.81. The van der Waals surface area contributed by atoms with Gasteiger partial charge in [0.2, 0.25) is 0 Å². The van der Waals surface area contributed by atoms with Crippen molar-refractivity contribution in [2.45, 2.75) is 12.7 Å². The zero-order valence-corrected chi connectivity index (χ0v) is 12.0. The molecule has 100 valence electrons. The van der Waals surface area contributed by atoms with Gasteiger partial charge in [0.05, 0.1) is 5.69 Å². The lowest BCUT2D eigenvalue weighted by Gasteiger charge is -2.06. The van der Waals surface area contributed by atoms with Gasteiger partial charge in [-0.15, -0.1) is 0 Å². The average molecular weight is 281 g/mol. The van der Waals surface area contributed by atoms with Crippen LogP contribution in [-0.2, 0) is 5.75 Å². The van der Waals surface area contributed by atoms with Crippen LogP contribution in [-0.4, -0.2) is 5.17 Å². The molecule has 0 atom stereocenters. The SMILES string of the molecule is Cc1ccccc1CSC(=Nc1ccccc1)NC#N. The van der Waals surface area contributed by atoms with Crippen LogP contribution in [0.2, 0.25) is 0 Å². The fourth-order valence-electron chi connectivity index (χ4n) is 1.68. The molecule has 0 fully saturated rings. The second-order valence-electron chi connectivity index (χ2n) is 4.20. The summed E-state index contributed by atoms with van der Waals surface area (Å²) in [4.78, 5) is 4.44. The first-order chi connectivity index (χ1) is 9.79. The Morgan fingerprint density at radius 2 is 1.85 bits per heavy atom. The number of nitrogens with one attached hydrogen (secondary N) is 1. The van der Waals surface area contributed by atoms with E-state index in [1.807, 2.05) is 48.7 Å². The van der Waals surface area contributed by atoms with Crippen LogP contribution in [0.4, 0.5) is 5.69 Å². The van der Waals surface area contributed by atoms with E-state index in [9.17, 15) is 0 Å². The molecule has 2 aromatic rings. The lowest BCUT2D eigenvalue weighted by atomic mass is 10.1. The van der Waals surface area contributed by atoms with Gasteiger partial charge in [-0.05, 0) is 30.2 Å². The molecule has 0 heterocycles. The minimum Gasteiger partial charge on any atom is -0.271 e. The summed E-state index contributed by atoms with van der Waals surface area (Å²) in [5, 5.41) is 12.1. The first-order valence-electron chi connectivity index (χ1n) is 6.26. The summed E-state index contributed by atoms with van der Waals surface area (Å²) in [6, 6.07) is 17.8. The Kier molecular flexibility index (Phi) is 5.22. The average Bonchev–Trinajstić information content (AvgIpc) is 2.47. The van der Waals surface area contributed by atoms with Crippen LogP contribution in [0, 0.1) is 18.4 Å². The molecule has 0 unspecified atom stereocenters. The highest BCUT2D eigenvalue weighted by Crippen LogP contribution is 2.19. The van der Waals surface area contributed by atoms with Crippen molar-refractivity contribution in [2.24, 2.45) is 4.99 Å². The Labute approximate surface area is 123 Å². The Morgan fingerprint density at radius 3 is 2.55 bits per heavy atom. The van der Waals surface area contributed by atoms with Crippen LogP contribution in [0.1, 0.15) is 11.1 Å². The van der Waals surface area contributed by atoms with Gasteiger partial charge in [0, 0.05) is 5.75 Å². The molecule has 0 aromatic heterocycles. The van der Waals surface area contributed by atoms with Crippen molar-refractivity contribution in [3.05, 3.63) is 65.7 Å². The zero-order valence-electron chi connectivity index (χ0n) is 11.2. The van der Waals surface area contributed by atoms with E-state index in [0.29, 0.717) is 5.17 Å². The standard InChI is InChI=1S/C16H15N3S/c1-13-7-5-6-8-14(13)11-20-16(18-12-17)19-15-9-3-2-4-10-15/h2-10H,11H2,1H3,(H,18,19). The molecule has 0 aliphatic rings. The van der Waals surface area contributed by atoms with Crippen molar-refractivity contribution < 1.29 is 0 Å². The van der Waals surface area contributed by atoms with Gasteiger partial charge in [-0.25, -0.2) is 4.99 Å². The number of thioether (sulfide) groups is 1. The molecule has 0 bridgehead atoms. The van der Waals surface area contributed by atoms with Crippen LogP contribution in [0.5, 0.6) is 0 Å². The number of hydrogen-bond donors (Lipinski definition) is 1. The Balaban J connectivity index is 2.09. The predicted octanol–water partition coefficient (Wildman–Crippen LogP) is 3.99. The van der Waals surface area contributed by atoms with E-state index in [1.165, 1.54) is 22.9 Å². The van der Waals surface area contributed by atoms with E-state index in [4.69, 9.17) is 5.26 Å². The molecule has 2 aromatic carbocycles. The number of aliphatic imine (C=N–C) groups is 1. The van der Waals surface area contributed by atoms with Crippen molar-refractivity contribution >= 4 is 22.6 Å². The number of nitrogens with zero attached hydrogens (tertiary/aromatic N) is 2. The zero-order chi connectivity index (χ0) is 14.2. The molecule has 0 saturated carbocycles. The van der Waals surface area contributed by atoms with Crippen molar-refractivity contribution in [2.75, 3.05) is 0 Å². The number of aryl methyl sites for hydroxylation is 1. The smallest absolute Gasteiger partial charge is 0.183 e. The van der Waals surface area contributed by atoms with Crippen molar-refractivity contribution in [1.29, 1.82) is 5.26 Å². The Morgan fingerprint density at radius 1 is 1.15 bits per heavy atom. The maximum atomic E-state index is 8.81. The second-order valence-corrected chi connectivity index (χ2v) is 5.17. The van der Waals surface area contributed by atoms with Crippen molar-refractivity contribution in [1.82, 2.24) is 5.32 Å². The quantitative estimate of drug-likeness (QED) is 0.400. The molecule has 0 aliphatic heterocycles. The predicted molar refractivity (Wildman–Crippen MR) is 84.8 cm³/mol. The monoisotopic (exact) mass is 281 g/mol. The minimum absolute atomic E-state index is 0.613. The summed E-state index contributed by atoms with van der Waals surface area (Å²) in [5.74, 6) is 0.785. The number of benzene rings is 2. The van der Waals surface area contributed by atoms with Crippen molar-refractivity contribution in [3.63, 3.8) is 0 Å². The lowest BCUT2D eigenvalue weighted by Crippen LogP contribution is -2.13. The fourth-order valence-corrected chi connectivity index (χ4v) is 2.59. The second kappa shape index (κ2) is 7.37. The van der Waals surface area contributed by atoms with Gasteiger partial charge in [0.1, 0.15) is 0 Å². The van der Waals surface area contributed by atoms with E-state index in [-0.39, 0.29) is 0 Å². The molecular weight excluding hydrogens is 266 g/mol. The van der Waals surface area contributed by atoms with Crippen molar-refractivity contribution in [3.8, 4) is 6.19 Å². The van der Waals surface area contributed by atoms with E-state index in [2.05, 4.69) is 29.4 Å². The third-order valence-electron chi connectivity index (χ3n) is 2.78. The number of nitriles is 1. The van der Waals surface area contributed by atoms with E-state index < -0.39 is 0 Å². The van der Waals surface area contributed by atoms with Gasteiger partial charge in [-0.1, -0.05) is 54.2 Å². The van der Waals surface area contributed by atoms with Crippen LogP contribution < -0.4 is 5.32 Å². The molecule has 3 nitrogen and oxygen atoms in total. The largest absolute Gasteiger partial charge is 0.271 e. The molecule has 0 saturated heterocycles. The number of amidine groups is 1. The van der Waals surface area contributed by atoms with Crippen LogP contribution in [0.15, 0.2) is 59.6 Å². The Hall–Kier alpha value is -2.25. The summed E-state index contributed by atoms with van der Waals surface area (Å²) in [5.41, 5.74) is 3.33. The van der Waals surface area contributed by atoms with E-state index in [1.54, 1.807) is 0 Å². The van der Waals surface area contributed by atoms with Gasteiger partial charge in [-0.2, -0.15) is 5.26 Å². The highest BCUT2D eigenvalue weighted by molar-refractivity contribution is 8.13. The molecule has 0 aliphatic carbocycles. The van der Waals surface area contributed by atoms with E-state index >= 15 is 0 Å². The van der Waals surface area contributed by atoms with Gasteiger partial charge < -0.3 is 0 Å². The van der Waals surface area contributed by atoms with Gasteiger partial charge in [0.15, 0.2) is 11.4 Å². The number of hydrogen-bond acceptors (Lipinski definition) is 3. The molecule has 2 rings (SSSR count). The topological polar surface area (TPSA) is 48.2 Å². The maximum Gasteiger partial charge on any atom is 0.183 e. The molecule has 0 amide bonds. The molecule has 0 spiro atoms. The van der Waals surface area contributed by atoms with Gasteiger partial charge in [0.25, 0.3) is 0 Å².